The maximum atomic E-state index is 6.81. The zero-order valence-electron chi connectivity index (χ0n) is 31.0. The minimum atomic E-state index is 0.906. The van der Waals surface area contributed by atoms with Gasteiger partial charge in [0.1, 0.15) is 11.2 Å². The highest BCUT2D eigenvalue weighted by Crippen LogP contribution is 2.46. The van der Waals surface area contributed by atoms with Crippen molar-refractivity contribution in [1.82, 2.24) is 0 Å². The van der Waals surface area contributed by atoms with Gasteiger partial charge in [0, 0.05) is 31.1 Å². The van der Waals surface area contributed by atoms with Crippen molar-refractivity contribution in [1.29, 1.82) is 0 Å². The van der Waals surface area contributed by atoms with E-state index in [9.17, 15) is 0 Å². The summed E-state index contributed by atoms with van der Waals surface area (Å²) in [6, 6.07) is 52.8. The molecule has 54 heavy (non-hydrogen) atoms. The summed E-state index contributed by atoms with van der Waals surface area (Å²) in [5, 5.41) is 10.9. The van der Waals surface area contributed by atoms with E-state index in [2.05, 4.69) is 198 Å². The summed E-state index contributed by atoms with van der Waals surface area (Å²) in [7, 11) is 0. The zero-order valence-corrected chi connectivity index (χ0v) is 31.8. The Kier molecular flexibility index (Phi) is 8.69. The lowest BCUT2D eigenvalue weighted by Gasteiger charge is -2.09. The highest BCUT2D eigenvalue weighted by atomic mass is 32.1. The SMILES string of the molecule is C/C=C\c1sc2c3ccccc3c3c4cc(-c5ccccccc(-c6ccc7cc(-c8ccccc8)ccc7c6)c(=C/C)/c5=C\C)ccc4oc3c2c1C. The molecule has 0 saturated carbocycles. The normalized spacial score (nSPS) is 12.6. The molecule has 9 rings (SSSR count). The van der Waals surface area contributed by atoms with Gasteiger partial charge in [0.05, 0.1) is 0 Å². The Morgan fingerprint density at radius 3 is 1.76 bits per heavy atom. The highest BCUT2D eigenvalue weighted by molar-refractivity contribution is 7.21. The fourth-order valence-corrected chi connectivity index (χ4v) is 9.48. The van der Waals surface area contributed by atoms with Crippen LogP contribution in [0.2, 0.25) is 0 Å². The van der Waals surface area contributed by atoms with Crippen molar-refractivity contribution in [3.8, 4) is 33.4 Å². The first-order valence-electron chi connectivity index (χ1n) is 18.7. The van der Waals surface area contributed by atoms with Crippen LogP contribution in [0.5, 0.6) is 0 Å². The van der Waals surface area contributed by atoms with Crippen LogP contribution in [0.25, 0.3) is 105 Å². The fraction of sp³-hybridized carbons (Fsp3) is 0.0769. The first-order chi connectivity index (χ1) is 26.6. The van der Waals surface area contributed by atoms with E-state index in [1.165, 1.54) is 85.7 Å². The zero-order chi connectivity index (χ0) is 36.8. The van der Waals surface area contributed by atoms with E-state index in [-0.39, 0.29) is 0 Å². The summed E-state index contributed by atoms with van der Waals surface area (Å²) in [5.74, 6) is 0. The van der Waals surface area contributed by atoms with E-state index < -0.39 is 0 Å². The van der Waals surface area contributed by atoms with E-state index in [0.717, 1.165) is 22.1 Å². The summed E-state index contributed by atoms with van der Waals surface area (Å²) < 4.78 is 8.10. The second-order valence-electron chi connectivity index (χ2n) is 13.8. The van der Waals surface area contributed by atoms with Gasteiger partial charge in [-0.15, -0.1) is 11.3 Å². The average Bonchev–Trinajstić information content (AvgIpc) is 3.76. The third-order valence-corrected chi connectivity index (χ3v) is 12.0. The number of hydrogen-bond acceptors (Lipinski definition) is 2. The molecule has 2 aromatic heterocycles. The molecule has 0 bridgehead atoms. The van der Waals surface area contributed by atoms with Crippen molar-refractivity contribution in [2.45, 2.75) is 27.7 Å². The van der Waals surface area contributed by atoms with Gasteiger partial charge in [0.15, 0.2) is 0 Å². The van der Waals surface area contributed by atoms with Gasteiger partial charge in [0.2, 0.25) is 0 Å². The Balaban J connectivity index is 1.28. The van der Waals surface area contributed by atoms with Crippen LogP contribution in [0.1, 0.15) is 31.2 Å². The molecule has 0 amide bonds. The van der Waals surface area contributed by atoms with Gasteiger partial charge in [-0.1, -0.05) is 140 Å². The Morgan fingerprint density at radius 1 is 0.500 bits per heavy atom. The van der Waals surface area contributed by atoms with Crippen molar-refractivity contribution in [3.63, 3.8) is 0 Å². The molecule has 0 saturated heterocycles. The van der Waals surface area contributed by atoms with Crippen molar-refractivity contribution in [3.05, 3.63) is 173 Å². The number of furan rings is 1. The molecule has 0 atom stereocenters. The molecule has 0 aliphatic heterocycles. The molecule has 0 spiro atoms. The van der Waals surface area contributed by atoms with E-state index in [0.29, 0.717) is 0 Å². The molecule has 0 aliphatic rings. The molecule has 1 nitrogen and oxygen atoms in total. The monoisotopic (exact) mass is 712 g/mol. The molecule has 0 fully saturated rings. The summed E-state index contributed by atoms with van der Waals surface area (Å²) in [5.41, 5.74) is 10.3. The number of thiophene rings is 1. The van der Waals surface area contributed by atoms with Crippen LogP contribution >= 0.6 is 11.3 Å². The molecule has 2 heteroatoms. The maximum absolute atomic E-state index is 6.81. The van der Waals surface area contributed by atoms with Gasteiger partial charge >= 0.3 is 0 Å². The Labute approximate surface area is 319 Å². The number of benzene rings is 6. The minimum Gasteiger partial charge on any atom is -0.455 e. The molecule has 0 radical (unpaired) electrons. The van der Waals surface area contributed by atoms with Crippen LogP contribution in [0.15, 0.2) is 156 Å². The molecular weight excluding hydrogens is 673 g/mol. The summed E-state index contributed by atoms with van der Waals surface area (Å²) in [4.78, 5) is 1.28. The molecule has 0 aliphatic carbocycles. The largest absolute Gasteiger partial charge is 0.455 e. The number of fused-ring (bicyclic) bond motifs is 9. The second-order valence-corrected chi connectivity index (χ2v) is 14.9. The van der Waals surface area contributed by atoms with Gasteiger partial charge in [-0.2, -0.15) is 0 Å². The van der Waals surface area contributed by atoms with E-state index >= 15 is 0 Å². The van der Waals surface area contributed by atoms with Crippen LogP contribution in [0, 0.1) is 6.92 Å². The molecule has 7 aromatic carbocycles. The molecular formula is C52H40OS. The van der Waals surface area contributed by atoms with E-state index in [4.69, 9.17) is 4.42 Å². The average molecular weight is 713 g/mol. The summed E-state index contributed by atoms with van der Waals surface area (Å²) in [6.45, 7) is 8.61. The van der Waals surface area contributed by atoms with Crippen molar-refractivity contribution < 1.29 is 4.42 Å². The smallest absolute Gasteiger partial charge is 0.145 e. The van der Waals surface area contributed by atoms with Crippen molar-refractivity contribution >= 4 is 83.1 Å². The highest BCUT2D eigenvalue weighted by Gasteiger charge is 2.20. The third kappa shape index (κ3) is 5.62. The van der Waals surface area contributed by atoms with Crippen molar-refractivity contribution in [2.75, 3.05) is 0 Å². The lowest BCUT2D eigenvalue weighted by atomic mass is 9.94. The lowest BCUT2D eigenvalue weighted by molar-refractivity contribution is 0.673. The number of allylic oxidation sites excluding steroid dienone is 1. The number of aryl methyl sites for hydroxylation is 1. The van der Waals surface area contributed by atoms with Crippen LogP contribution in [-0.4, -0.2) is 0 Å². The van der Waals surface area contributed by atoms with Gasteiger partial charge in [-0.25, -0.2) is 0 Å². The Bertz CT molecular complexity index is 3140. The van der Waals surface area contributed by atoms with Crippen molar-refractivity contribution in [2.24, 2.45) is 0 Å². The molecule has 260 valence electrons. The van der Waals surface area contributed by atoms with Crippen LogP contribution in [-0.2, 0) is 0 Å². The van der Waals surface area contributed by atoms with Crippen LogP contribution in [0.3, 0.4) is 0 Å². The minimum absolute atomic E-state index is 0.906. The van der Waals surface area contributed by atoms with Gasteiger partial charge < -0.3 is 4.42 Å². The predicted octanol–water partition coefficient (Wildman–Crippen LogP) is 14.2. The lowest BCUT2D eigenvalue weighted by Crippen LogP contribution is -2.27. The molecule has 0 N–H and O–H groups in total. The van der Waals surface area contributed by atoms with Gasteiger partial charge in [-0.05, 0) is 124 Å². The standard InChI is InChI=1S/C52H40OS/c1-5-17-48-33(4)49-51-50(44-22-15-16-23-45(44)52(49)54-48)46-32-39(28-29-47(46)53-51)43-21-14-9-8-13-20-42(40(6-2)41(43)7-3)38-27-26-36-30-35(24-25-37(36)31-38)34-18-11-10-12-19-34/h5-32H,1-4H3/b13-8?,14-9?,17-5-,40-6+,41-7+,42-20?,43-21?. The predicted molar refractivity (Wildman–Crippen MR) is 237 cm³/mol. The first kappa shape index (κ1) is 33.6. The van der Waals surface area contributed by atoms with Crippen LogP contribution in [0.4, 0.5) is 0 Å². The Morgan fingerprint density at radius 2 is 1.07 bits per heavy atom. The topological polar surface area (TPSA) is 13.1 Å². The van der Waals surface area contributed by atoms with Gasteiger partial charge in [0.25, 0.3) is 0 Å². The molecule has 0 unspecified atom stereocenters. The van der Waals surface area contributed by atoms with E-state index in [1.807, 2.05) is 11.3 Å². The quantitative estimate of drug-likeness (QED) is 0.177. The summed E-state index contributed by atoms with van der Waals surface area (Å²) in [6.07, 6.45) is 8.86. The number of rotatable bonds is 4. The third-order valence-electron chi connectivity index (χ3n) is 10.7. The van der Waals surface area contributed by atoms with Gasteiger partial charge in [-0.3, -0.25) is 0 Å². The molecule has 2 heterocycles. The fourth-order valence-electron chi connectivity index (χ4n) is 8.16. The molecule has 9 aromatic rings. The number of hydrogen-bond donors (Lipinski definition) is 0. The Hall–Kier alpha value is -6.22. The first-order valence-corrected chi connectivity index (χ1v) is 19.5. The van der Waals surface area contributed by atoms with Crippen LogP contribution < -0.4 is 10.4 Å². The van der Waals surface area contributed by atoms with E-state index in [1.54, 1.807) is 0 Å². The summed E-state index contributed by atoms with van der Waals surface area (Å²) >= 11 is 1.85. The second kappa shape index (κ2) is 14.0. The maximum Gasteiger partial charge on any atom is 0.145 e.